The van der Waals surface area contributed by atoms with Gasteiger partial charge in [0.2, 0.25) is 5.13 Å². The van der Waals surface area contributed by atoms with Crippen molar-refractivity contribution in [2.75, 3.05) is 19.1 Å². The number of aryl methyl sites for hydroxylation is 1. The van der Waals surface area contributed by atoms with Gasteiger partial charge in [-0.25, -0.2) is 4.98 Å². The summed E-state index contributed by atoms with van der Waals surface area (Å²) in [6.07, 6.45) is 2.56. The van der Waals surface area contributed by atoms with Crippen LogP contribution in [0.15, 0.2) is 22.6 Å². The van der Waals surface area contributed by atoms with Gasteiger partial charge in [0.1, 0.15) is 0 Å². The Labute approximate surface area is 138 Å². The van der Waals surface area contributed by atoms with E-state index in [0.29, 0.717) is 23.1 Å². The molecule has 0 aliphatic carbocycles. The molecule has 0 fully saturated rings. The minimum Gasteiger partial charge on any atom is -0.493 e. The molecule has 2 rings (SSSR count). The maximum absolute atomic E-state index is 6.25. The number of nitrogens with zero attached hydrogens (tertiary/aromatic N) is 2. The summed E-state index contributed by atoms with van der Waals surface area (Å²) < 4.78 is 10.9. The van der Waals surface area contributed by atoms with Crippen molar-refractivity contribution in [3.05, 3.63) is 33.8 Å². The van der Waals surface area contributed by atoms with Crippen LogP contribution in [0.2, 0.25) is 5.02 Å². The minimum absolute atomic E-state index is 0.499. The van der Waals surface area contributed by atoms with Crippen molar-refractivity contribution in [3.63, 3.8) is 0 Å². The fraction of sp³-hybridized carbons (Fsp3) is 0.333. The third-order valence-corrected chi connectivity index (χ3v) is 3.84. The topological polar surface area (TPSA) is 55.7 Å². The first-order chi connectivity index (χ1) is 10.6. The molecule has 0 aliphatic rings. The molecule has 0 radical (unpaired) electrons. The summed E-state index contributed by atoms with van der Waals surface area (Å²) in [6, 6.07) is 3.61. The van der Waals surface area contributed by atoms with Crippen LogP contribution in [0.25, 0.3) is 0 Å². The molecule has 0 spiro atoms. The van der Waals surface area contributed by atoms with E-state index in [4.69, 9.17) is 21.1 Å². The Bertz CT molecular complexity index is 658. The lowest BCUT2D eigenvalue weighted by Crippen LogP contribution is -2.00. The number of hydrogen-bond donors (Lipinski definition) is 1. The second-order valence-electron chi connectivity index (χ2n) is 4.55. The number of hydrogen-bond acceptors (Lipinski definition) is 6. The Kier molecular flexibility index (Phi) is 6.03. The summed E-state index contributed by atoms with van der Waals surface area (Å²) in [4.78, 5) is 4.26. The molecule has 0 atom stereocenters. The van der Waals surface area contributed by atoms with E-state index in [0.717, 1.165) is 22.8 Å². The predicted molar refractivity (Wildman–Crippen MR) is 91.9 cm³/mol. The number of thiazole rings is 1. The molecule has 1 heterocycles. The van der Waals surface area contributed by atoms with Crippen LogP contribution in [-0.2, 0) is 0 Å². The Morgan fingerprint density at radius 3 is 2.91 bits per heavy atom. The molecule has 0 bridgehead atoms. The van der Waals surface area contributed by atoms with Crippen LogP contribution in [-0.4, -0.2) is 24.9 Å². The summed E-state index contributed by atoms with van der Waals surface area (Å²) >= 11 is 7.75. The maximum Gasteiger partial charge on any atom is 0.203 e. The van der Waals surface area contributed by atoms with Crippen LogP contribution in [0, 0.1) is 6.92 Å². The van der Waals surface area contributed by atoms with E-state index in [2.05, 4.69) is 15.5 Å². The number of hydrazone groups is 1. The molecule has 1 aromatic heterocycles. The molecule has 2 aromatic rings. The molecule has 1 aromatic carbocycles. The molecule has 5 nitrogen and oxygen atoms in total. The fourth-order valence-corrected chi connectivity index (χ4v) is 2.64. The number of aromatic nitrogens is 1. The van der Waals surface area contributed by atoms with E-state index in [9.17, 15) is 0 Å². The normalized spacial score (nSPS) is 10.9. The minimum atomic E-state index is 0.499. The first-order valence-corrected chi connectivity index (χ1v) is 8.11. The van der Waals surface area contributed by atoms with Crippen molar-refractivity contribution in [2.24, 2.45) is 5.10 Å². The molecule has 0 unspecified atom stereocenters. The van der Waals surface area contributed by atoms with Gasteiger partial charge in [0.05, 0.1) is 30.6 Å². The van der Waals surface area contributed by atoms with Crippen LogP contribution in [0.1, 0.15) is 24.6 Å². The maximum atomic E-state index is 6.25. The number of anilines is 1. The Hall–Kier alpha value is -1.79. The second-order valence-corrected chi connectivity index (χ2v) is 5.81. The molecule has 0 saturated carbocycles. The molecule has 0 amide bonds. The third-order valence-electron chi connectivity index (χ3n) is 2.70. The lowest BCUT2D eigenvalue weighted by atomic mass is 10.2. The van der Waals surface area contributed by atoms with Crippen molar-refractivity contribution in [2.45, 2.75) is 20.3 Å². The highest BCUT2D eigenvalue weighted by molar-refractivity contribution is 7.13. The van der Waals surface area contributed by atoms with Crippen molar-refractivity contribution < 1.29 is 9.47 Å². The molecular weight excluding hydrogens is 322 g/mol. The molecule has 1 N–H and O–H groups in total. The van der Waals surface area contributed by atoms with E-state index in [1.165, 1.54) is 11.3 Å². The SMILES string of the molecule is CCCOc1c(Cl)cc(C=NNc2nc(C)cs2)cc1OC. The van der Waals surface area contributed by atoms with Gasteiger partial charge in [0.15, 0.2) is 11.5 Å². The number of benzene rings is 1. The monoisotopic (exact) mass is 339 g/mol. The number of nitrogens with one attached hydrogen (secondary N) is 1. The van der Waals surface area contributed by atoms with Crippen LogP contribution in [0.4, 0.5) is 5.13 Å². The smallest absolute Gasteiger partial charge is 0.203 e. The van der Waals surface area contributed by atoms with Crippen molar-refractivity contribution in [1.82, 2.24) is 4.98 Å². The van der Waals surface area contributed by atoms with Crippen molar-refractivity contribution >= 4 is 34.3 Å². The van der Waals surface area contributed by atoms with Gasteiger partial charge in [0, 0.05) is 5.38 Å². The van der Waals surface area contributed by atoms with Gasteiger partial charge in [0.25, 0.3) is 0 Å². The van der Waals surface area contributed by atoms with Crippen molar-refractivity contribution in [3.8, 4) is 11.5 Å². The molecular formula is C15H18ClN3O2S. The largest absolute Gasteiger partial charge is 0.493 e. The summed E-state index contributed by atoms with van der Waals surface area (Å²) in [6.45, 7) is 4.56. The number of ether oxygens (including phenoxy) is 2. The lowest BCUT2D eigenvalue weighted by molar-refractivity contribution is 0.294. The van der Waals surface area contributed by atoms with Gasteiger partial charge in [-0.05, 0) is 31.0 Å². The Morgan fingerprint density at radius 1 is 1.45 bits per heavy atom. The molecule has 118 valence electrons. The van der Waals surface area contributed by atoms with Crippen LogP contribution in [0.3, 0.4) is 0 Å². The standard InChI is InChI=1S/C15H18ClN3O2S/c1-4-5-21-14-12(16)6-11(7-13(14)20-3)8-17-19-15-18-10(2)9-22-15/h6-9H,4-5H2,1-3H3,(H,18,19). The van der Waals surface area contributed by atoms with E-state index in [1.54, 1.807) is 19.4 Å². The Balaban J connectivity index is 2.12. The zero-order valence-corrected chi connectivity index (χ0v) is 14.3. The third kappa shape index (κ3) is 4.35. The first-order valence-electron chi connectivity index (χ1n) is 6.85. The van der Waals surface area contributed by atoms with E-state index in [1.807, 2.05) is 25.3 Å². The Morgan fingerprint density at radius 2 is 2.27 bits per heavy atom. The van der Waals surface area contributed by atoms with Crippen molar-refractivity contribution in [1.29, 1.82) is 0 Å². The van der Waals surface area contributed by atoms with Gasteiger partial charge in [-0.3, -0.25) is 5.43 Å². The highest BCUT2D eigenvalue weighted by Gasteiger charge is 2.11. The number of halogens is 1. The highest BCUT2D eigenvalue weighted by atomic mass is 35.5. The summed E-state index contributed by atoms with van der Waals surface area (Å²) in [5.74, 6) is 1.15. The summed E-state index contributed by atoms with van der Waals surface area (Å²) in [5, 5.41) is 7.35. The average Bonchev–Trinajstić information content (AvgIpc) is 2.91. The van der Waals surface area contributed by atoms with Gasteiger partial charge in [-0.1, -0.05) is 18.5 Å². The van der Waals surface area contributed by atoms with E-state index in [-0.39, 0.29) is 0 Å². The summed E-state index contributed by atoms with van der Waals surface area (Å²) in [5.41, 5.74) is 4.66. The van der Waals surface area contributed by atoms with E-state index >= 15 is 0 Å². The van der Waals surface area contributed by atoms with E-state index < -0.39 is 0 Å². The van der Waals surface area contributed by atoms with Gasteiger partial charge in [-0.2, -0.15) is 5.10 Å². The quantitative estimate of drug-likeness (QED) is 0.602. The molecule has 22 heavy (non-hydrogen) atoms. The molecule has 0 saturated heterocycles. The predicted octanol–water partition coefficient (Wildman–Crippen LogP) is 4.35. The van der Waals surface area contributed by atoms with Gasteiger partial charge < -0.3 is 9.47 Å². The second kappa shape index (κ2) is 8.00. The number of rotatable bonds is 7. The lowest BCUT2D eigenvalue weighted by Gasteiger charge is -2.12. The first kappa shape index (κ1) is 16.6. The average molecular weight is 340 g/mol. The molecule has 0 aliphatic heterocycles. The summed E-state index contributed by atoms with van der Waals surface area (Å²) in [7, 11) is 1.59. The zero-order valence-electron chi connectivity index (χ0n) is 12.7. The van der Waals surface area contributed by atoms with Crippen LogP contribution < -0.4 is 14.9 Å². The van der Waals surface area contributed by atoms with Gasteiger partial charge >= 0.3 is 0 Å². The highest BCUT2D eigenvalue weighted by Crippen LogP contribution is 2.36. The fourth-order valence-electron chi connectivity index (χ4n) is 1.73. The zero-order chi connectivity index (χ0) is 15.9. The molecule has 7 heteroatoms. The van der Waals surface area contributed by atoms with Gasteiger partial charge in [-0.15, -0.1) is 11.3 Å². The number of methoxy groups -OCH3 is 1. The van der Waals surface area contributed by atoms with Crippen LogP contribution >= 0.6 is 22.9 Å². The van der Waals surface area contributed by atoms with Crippen LogP contribution in [0.5, 0.6) is 11.5 Å².